The molecule has 0 aromatic rings. The summed E-state index contributed by atoms with van der Waals surface area (Å²) < 4.78 is 5.57. The molecule has 0 aliphatic carbocycles. The molecule has 0 amide bonds. The molecule has 0 aromatic carbocycles. The minimum absolute atomic E-state index is 0.00773. The molecule has 2 nitrogen and oxygen atoms in total. The summed E-state index contributed by atoms with van der Waals surface area (Å²) in [5, 5.41) is 0. The van der Waals surface area contributed by atoms with E-state index >= 15 is 0 Å². The third kappa shape index (κ3) is 1.92. The highest BCUT2D eigenvalue weighted by Gasteiger charge is 2.44. The van der Waals surface area contributed by atoms with E-state index in [1.165, 1.54) is 0 Å². The van der Waals surface area contributed by atoms with Crippen LogP contribution in [0.15, 0.2) is 0 Å². The molecule has 3 atom stereocenters. The normalized spacial score (nSPS) is 38.5. The van der Waals surface area contributed by atoms with Crippen LogP contribution in [0.5, 0.6) is 0 Å². The number of rotatable bonds is 3. The molecule has 72 valence electrons. The fraction of sp³-hybridized carbons (Fsp3) is 0.727. The van der Waals surface area contributed by atoms with Gasteiger partial charge >= 0.3 is 0 Å². The summed E-state index contributed by atoms with van der Waals surface area (Å²) in [6.45, 7) is 3.95. The minimum atomic E-state index is -0.328. The molecule has 0 bridgehead atoms. The fourth-order valence-corrected chi connectivity index (χ4v) is 2.05. The summed E-state index contributed by atoms with van der Waals surface area (Å²) in [7, 11) is 0. The zero-order valence-electron chi connectivity index (χ0n) is 8.25. The van der Waals surface area contributed by atoms with Crippen molar-refractivity contribution in [3.8, 4) is 12.3 Å². The van der Waals surface area contributed by atoms with Crippen molar-refractivity contribution < 1.29 is 9.53 Å². The van der Waals surface area contributed by atoms with Gasteiger partial charge in [0.05, 0.1) is 17.6 Å². The van der Waals surface area contributed by atoms with Crippen LogP contribution in [0.25, 0.3) is 0 Å². The Hall–Kier alpha value is -0.810. The molecule has 1 saturated heterocycles. The predicted octanol–water partition coefficient (Wildman–Crippen LogP) is 1.78. The van der Waals surface area contributed by atoms with E-state index in [-0.39, 0.29) is 17.6 Å². The lowest BCUT2D eigenvalue weighted by Crippen LogP contribution is -2.30. The molecule has 3 unspecified atom stereocenters. The Kier molecular flexibility index (Phi) is 3.11. The Morgan fingerprint density at radius 3 is 2.77 bits per heavy atom. The van der Waals surface area contributed by atoms with E-state index in [1.807, 2.05) is 13.8 Å². The standard InChI is InChI=1S/C11H16O2/c1-4-5-6-11(8-12)7-9(2)13-10(11)3/h1,8-10H,5-7H2,2-3H3. The number of hydrogen-bond acceptors (Lipinski definition) is 2. The van der Waals surface area contributed by atoms with Crippen LogP contribution < -0.4 is 0 Å². The topological polar surface area (TPSA) is 26.3 Å². The molecule has 0 aromatic heterocycles. The van der Waals surface area contributed by atoms with Gasteiger partial charge in [-0.2, -0.15) is 0 Å². The van der Waals surface area contributed by atoms with Crippen molar-refractivity contribution in [1.82, 2.24) is 0 Å². The van der Waals surface area contributed by atoms with E-state index in [2.05, 4.69) is 5.92 Å². The summed E-state index contributed by atoms with van der Waals surface area (Å²) in [6.07, 6.45) is 8.61. The zero-order valence-corrected chi connectivity index (χ0v) is 8.25. The van der Waals surface area contributed by atoms with E-state index in [4.69, 9.17) is 11.2 Å². The van der Waals surface area contributed by atoms with Gasteiger partial charge in [-0.3, -0.25) is 0 Å². The predicted molar refractivity (Wildman–Crippen MR) is 51.2 cm³/mol. The van der Waals surface area contributed by atoms with Crippen LogP contribution in [0.4, 0.5) is 0 Å². The molecule has 2 heteroatoms. The van der Waals surface area contributed by atoms with Gasteiger partial charge in [0.25, 0.3) is 0 Å². The second-order valence-corrected chi connectivity index (χ2v) is 3.85. The van der Waals surface area contributed by atoms with E-state index in [0.717, 1.165) is 19.1 Å². The Bertz CT molecular complexity index is 229. The number of carbonyl (C=O) groups is 1. The quantitative estimate of drug-likeness (QED) is 0.489. The van der Waals surface area contributed by atoms with E-state index in [1.54, 1.807) is 0 Å². The van der Waals surface area contributed by atoms with Gasteiger partial charge in [0.1, 0.15) is 6.29 Å². The monoisotopic (exact) mass is 180 g/mol. The molecular weight excluding hydrogens is 164 g/mol. The molecule has 1 aliphatic heterocycles. The molecule has 1 rings (SSSR count). The number of hydrogen-bond donors (Lipinski definition) is 0. The van der Waals surface area contributed by atoms with Crippen LogP contribution in [0.3, 0.4) is 0 Å². The number of aldehydes is 1. The van der Waals surface area contributed by atoms with Crippen molar-refractivity contribution in [1.29, 1.82) is 0 Å². The zero-order chi connectivity index (χ0) is 9.90. The first kappa shape index (κ1) is 10.3. The van der Waals surface area contributed by atoms with Crippen LogP contribution >= 0.6 is 0 Å². The highest BCUT2D eigenvalue weighted by molar-refractivity contribution is 5.61. The highest BCUT2D eigenvalue weighted by Crippen LogP contribution is 2.40. The highest BCUT2D eigenvalue weighted by atomic mass is 16.5. The summed E-state index contributed by atoms with van der Waals surface area (Å²) in [6, 6.07) is 0. The fourth-order valence-electron chi connectivity index (χ4n) is 2.05. The van der Waals surface area contributed by atoms with Crippen LogP contribution in [0.1, 0.15) is 33.1 Å². The molecular formula is C11H16O2. The largest absolute Gasteiger partial charge is 0.374 e. The maximum Gasteiger partial charge on any atom is 0.128 e. The number of terminal acetylenes is 1. The van der Waals surface area contributed by atoms with Gasteiger partial charge < -0.3 is 9.53 Å². The Labute approximate surface area is 79.7 Å². The van der Waals surface area contributed by atoms with Crippen LogP contribution in [-0.4, -0.2) is 18.5 Å². The molecule has 0 saturated carbocycles. The molecule has 1 heterocycles. The summed E-state index contributed by atoms with van der Waals surface area (Å²) >= 11 is 0. The molecule has 0 radical (unpaired) electrons. The van der Waals surface area contributed by atoms with Gasteiger partial charge in [-0.25, -0.2) is 0 Å². The van der Waals surface area contributed by atoms with E-state index in [9.17, 15) is 4.79 Å². The SMILES string of the molecule is C#CCCC1(C=O)CC(C)OC1C. The van der Waals surface area contributed by atoms with Gasteiger partial charge in [0, 0.05) is 6.42 Å². The average molecular weight is 180 g/mol. The van der Waals surface area contributed by atoms with Crippen molar-refractivity contribution >= 4 is 6.29 Å². The van der Waals surface area contributed by atoms with Crippen molar-refractivity contribution in [2.45, 2.75) is 45.3 Å². The van der Waals surface area contributed by atoms with Crippen molar-refractivity contribution in [2.24, 2.45) is 5.41 Å². The van der Waals surface area contributed by atoms with Gasteiger partial charge in [-0.1, -0.05) is 0 Å². The first-order chi connectivity index (χ1) is 6.14. The lowest BCUT2D eigenvalue weighted by Gasteiger charge is -2.24. The first-order valence-corrected chi connectivity index (χ1v) is 4.70. The Morgan fingerprint density at radius 1 is 1.69 bits per heavy atom. The molecule has 1 fully saturated rings. The van der Waals surface area contributed by atoms with Crippen LogP contribution in [0.2, 0.25) is 0 Å². The van der Waals surface area contributed by atoms with E-state index in [0.29, 0.717) is 6.42 Å². The third-order valence-corrected chi connectivity index (χ3v) is 2.88. The van der Waals surface area contributed by atoms with Crippen molar-refractivity contribution in [3.63, 3.8) is 0 Å². The first-order valence-electron chi connectivity index (χ1n) is 4.70. The van der Waals surface area contributed by atoms with Crippen LogP contribution in [0, 0.1) is 17.8 Å². The Balaban J connectivity index is 2.69. The minimum Gasteiger partial charge on any atom is -0.374 e. The van der Waals surface area contributed by atoms with Gasteiger partial charge in [0.2, 0.25) is 0 Å². The van der Waals surface area contributed by atoms with Crippen LogP contribution in [-0.2, 0) is 9.53 Å². The van der Waals surface area contributed by atoms with Gasteiger partial charge in [0.15, 0.2) is 0 Å². The third-order valence-electron chi connectivity index (χ3n) is 2.88. The van der Waals surface area contributed by atoms with Crippen molar-refractivity contribution in [2.75, 3.05) is 0 Å². The Morgan fingerprint density at radius 2 is 2.38 bits per heavy atom. The van der Waals surface area contributed by atoms with E-state index < -0.39 is 0 Å². The number of ether oxygens (including phenoxy) is 1. The lowest BCUT2D eigenvalue weighted by atomic mass is 9.78. The molecule has 0 spiro atoms. The van der Waals surface area contributed by atoms with Gasteiger partial charge in [-0.15, -0.1) is 12.3 Å². The molecule has 13 heavy (non-hydrogen) atoms. The average Bonchev–Trinajstić information content (AvgIpc) is 2.38. The number of carbonyl (C=O) groups excluding carboxylic acids is 1. The lowest BCUT2D eigenvalue weighted by molar-refractivity contribution is -0.119. The molecule has 1 aliphatic rings. The maximum atomic E-state index is 11.0. The summed E-state index contributed by atoms with van der Waals surface area (Å²) in [4.78, 5) is 11.0. The van der Waals surface area contributed by atoms with Gasteiger partial charge in [-0.05, 0) is 26.7 Å². The molecule has 0 N–H and O–H groups in total. The summed E-state index contributed by atoms with van der Waals surface area (Å²) in [5.41, 5.74) is -0.328. The summed E-state index contributed by atoms with van der Waals surface area (Å²) in [5.74, 6) is 2.57. The second kappa shape index (κ2) is 3.93. The second-order valence-electron chi connectivity index (χ2n) is 3.85. The van der Waals surface area contributed by atoms with Crippen molar-refractivity contribution in [3.05, 3.63) is 0 Å². The maximum absolute atomic E-state index is 11.0. The smallest absolute Gasteiger partial charge is 0.128 e.